The van der Waals surface area contributed by atoms with Crippen LogP contribution in [0.25, 0.3) is 0 Å². The molecule has 0 spiro atoms. The van der Waals surface area contributed by atoms with Gasteiger partial charge in [0.1, 0.15) is 25.6 Å². The van der Waals surface area contributed by atoms with Crippen molar-refractivity contribution in [2.75, 3.05) is 31.3 Å². The molecule has 0 radical (unpaired) electrons. The quantitative estimate of drug-likeness (QED) is 0.785. The van der Waals surface area contributed by atoms with Crippen LogP contribution in [0.3, 0.4) is 0 Å². The highest BCUT2D eigenvalue weighted by Gasteiger charge is 2.24. The molecule has 0 aliphatic carbocycles. The molecule has 158 valence electrons. The van der Waals surface area contributed by atoms with Crippen LogP contribution in [0.5, 0.6) is 17.2 Å². The minimum Gasteiger partial charge on any atom is -0.490 e. The molecule has 0 saturated carbocycles. The number of nitrogens with one attached hydrogen (secondary N) is 1. The molecule has 0 aromatic heterocycles. The number of hydrogen-bond donors (Lipinski definition) is 1. The summed E-state index contributed by atoms with van der Waals surface area (Å²) >= 11 is 6.06. The molecule has 2 aromatic rings. The number of carbonyl (C=O) groups excluding carboxylic acids is 2. The van der Waals surface area contributed by atoms with E-state index in [0.29, 0.717) is 54.3 Å². The van der Waals surface area contributed by atoms with Gasteiger partial charge in [0, 0.05) is 17.9 Å². The minimum absolute atomic E-state index is 0.0982. The first kappa shape index (κ1) is 20.3. The van der Waals surface area contributed by atoms with Crippen molar-refractivity contribution in [3.8, 4) is 17.2 Å². The van der Waals surface area contributed by atoms with Crippen LogP contribution in [0.4, 0.5) is 5.69 Å². The summed E-state index contributed by atoms with van der Waals surface area (Å²) in [5.41, 5.74) is 1.56. The average Bonchev–Trinajstić information content (AvgIpc) is 2.76. The molecule has 0 bridgehead atoms. The molecule has 2 aromatic carbocycles. The molecule has 0 saturated heterocycles. The third kappa shape index (κ3) is 4.46. The molecule has 1 N–H and O–H groups in total. The van der Waals surface area contributed by atoms with Gasteiger partial charge in [-0.25, -0.2) is 0 Å². The Balaban J connectivity index is 1.33. The number of fused-ring (bicyclic) bond motifs is 2. The minimum atomic E-state index is -0.216. The maximum Gasteiger partial charge on any atom is 0.227 e. The molecule has 4 rings (SSSR count). The van der Waals surface area contributed by atoms with Gasteiger partial charge in [0.25, 0.3) is 0 Å². The van der Waals surface area contributed by atoms with Crippen LogP contribution in [0.2, 0.25) is 5.02 Å². The molecule has 2 heterocycles. The van der Waals surface area contributed by atoms with E-state index in [2.05, 4.69) is 5.32 Å². The molecule has 30 heavy (non-hydrogen) atoms. The normalized spacial score (nSPS) is 15.6. The highest BCUT2D eigenvalue weighted by molar-refractivity contribution is 6.31. The Morgan fingerprint density at radius 1 is 1.00 bits per heavy atom. The fraction of sp³-hybridized carbons (Fsp3) is 0.364. The van der Waals surface area contributed by atoms with Crippen LogP contribution in [-0.2, 0) is 9.59 Å². The topological polar surface area (TPSA) is 77.1 Å². The van der Waals surface area contributed by atoms with Crippen molar-refractivity contribution in [2.24, 2.45) is 0 Å². The lowest BCUT2D eigenvalue weighted by molar-refractivity contribution is -0.125. The van der Waals surface area contributed by atoms with Crippen molar-refractivity contribution in [1.29, 1.82) is 0 Å². The van der Waals surface area contributed by atoms with Gasteiger partial charge in [-0.2, -0.15) is 0 Å². The molecule has 2 aliphatic heterocycles. The standard InChI is InChI=1S/C22H23ClN2O5/c1-14(15-2-4-19-20(12-15)30-11-10-29-19)24-21(26)6-7-22(27)25-8-9-28-18-5-3-16(23)13-17(18)25/h2-5,12-14H,6-11H2,1H3,(H,24,26). The van der Waals surface area contributed by atoms with E-state index in [1.165, 1.54) is 0 Å². The number of ether oxygens (including phenoxy) is 3. The summed E-state index contributed by atoms with van der Waals surface area (Å²) in [6.45, 7) is 3.78. The number of benzene rings is 2. The van der Waals surface area contributed by atoms with Gasteiger partial charge >= 0.3 is 0 Å². The molecular formula is C22H23ClN2O5. The second-order valence-corrected chi connectivity index (χ2v) is 7.63. The van der Waals surface area contributed by atoms with Crippen molar-refractivity contribution in [3.05, 3.63) is 47.0 Å². The Labute approximate surface area is 179 Å². The number of nitrogens with zero attached hydrogens (tertiary/aromatic N) is 1. The maximum atomic E-state index is 12.7. The first-order valence-electron chi connectivity index (χ1n) is 9.93. The predicted molar refractivity (Wildman–Crippen MR) is 113 cm³/mol. The summed E-state index contributed by atoms with van der Waals surface area (Å²) in [6.07, 6.45) is 0.201. The van der Waals surface area contributed by atoms with Gasteiger partial charge in [0.15, 0.2) is 11.5 Å². The summed E-state index contributed by atoms with van der Waals surface area (Å²) in [6, 6.07) is 10.6. The van der Waals surface area contributed by atoms with E-state index in [0.717, 1.165) is 5.56 Å². The maximum absolute atomic E-state index is 12.7. The number of amides is 2. The summed E-state index contributed by atoms with van der Waals surface area (Å²) in [5, 5.41) is 3.47. The Morgan fingerprint density at radius 2 is 1.73 bits per heavy atom. The number of rotatable bonds is 5. The second kappa shape index (κ2) is 8.83. The van der Waals surface area contributed by atoms with Gasteiger partial charge in [0.2, 0.25) is 11.8 Å². The van der Waals surface area contributed by atoms with Gasteiger partial charge in [-0.15, -0.1) is 0 Å². The second-order valence-electron chi connectivity index (χ2n) is 7.20. The fourth-order valence-corrected chi connectivity index (χ4v) is 3.70. The first-order valence-corrected chi connectivity index (χ1v) is 10.3. The molecule has 1 unspecified atom stereocenters. The molecule has 7 nitrogen and oxygen atoms in total. The SMILES string of the molecule is CC(NC(=O)CCC(=O)N1CCOc2ccc(Cl)cc21)c1ccc2c(c1)OCCO2. The highest BCUT2D eigenvalue weighted by atomic mass is 35.5. The number of anilines is 1. The van der Waals surface area contributed by atoms with E-state index < -0.39 is 0 Å². The van der Waals surface area contributed by atoms with E-state index in [1.54, 1.807) is 23.1 Å². The van der Waals surface area contributed by atoms with E-state index in [9.17, 15) is 9.59 Å². The van der Waals surface area contributed by atoms with Gasteiger partial charge < -0.3 is 24.4 Å². The van der Waals surface area contributed by atoms with E-state index in [1.807, 2.05) is 25.1 Å². The molecule has 8 heteroatoms. The molecule has 2 amide bonds. The number of hydrogen-bond acceptors (Lipinski definition) is 5. The largest absolute Gasteiger partial charge is 0.490 e. The Kier molecular flexibility index (Phi) is 5.99. The lowest BCUT2D eigenvalue weighted by Gasteiger charge is -2.29. The molecule has 2 aliphatic rings. The predicted octanol–water partition coefficient (Wildman–Crippen LogP) is 3.49. The monoisotopic (exact) mass is 430 g/mol. The summed E-state index contributed by atoms with van der Waals surface area (Å²) in [4.78, 5) is 26.8. The fourth-order valence-electron chi connectivity index (χ4n) is 3.53. The lowest BCUT2D eigenvalue weighted by Crippen LogP contribution is -2.38. The lowest BCUT2D eigenvalue weighted by atomic mass is 10.1. The summed E-state index contributed by atoms with van der Waals surface area (Å²) in [5.74, 6) is 1.68. The zero-order valence-electron chi connectivity index (χ0n) is 16.7. The van der Waals surface area contributed by atoms with Gasteiger partial charge in [-0.05, 0) is 42.8 Å². The van der Waals surface area contributed by atoms with E-state index >= 15 is 0 Å². The van der Waals surface area contributed by atoms with Crippen LogP contribution in [0.1, 0.15) is 31.4 Å². The van der Waals surface area contributed by atoms with Crippen LogP contribution in [0.15, 0.2) is 36.4 Å². The number of carbonyl (C=O) groups is 2. The van der Waals surface area contributed by atoms with Crippen molar-refractivity contribution < 1.29 is 23.8 Å². The zero-order valence-corrected chi connectivity index (χ0v) is 17.4. The smallest absolute Gasteiger partial charge is 0.227 e. The third-order valence-corrected chi connectivity index (χ3v) is 5.33. The molecule has 0 fully saturated rings. The van der Waals surface area contributed by atoms with Crippen LogP contribution < -0.4 is 24.4 Å². The van der Waals surface area contributed by atoms with Crippen molar-refractivity contribution in [3.63, 3.8) is 0 Å². The van der Waals surface area contributed by atoms with Crippen molar-refractivity contribution in [2.45, 2.75) is 25.8 Å². The van der Waals surface area contributed by atoms with Gasteiger partial charge in [0.05, 0.1) is 18.3 Å². The van der Waals surface area contributed by atoms with E-state index in [-0.39, 0.29) is 30.7 Å². The summed E-state index contributed by atoms with van der Waals surface area (Å²) < 4.78 is 16.7. The molecule has 1 atom stereocenters. The highest BCUT2D eigenvalue weighted by Crippen LogP contribution is 2.35. The van der Waals surface area contributed by atoms with Crippen molar-refractivity contribution in [1.82, 2.24) is 5.32 Å². The van der Waals surface area contributed by atoms with Gasteiger partial charge in [-0.1, -0.05) is 17.7 Å². The number of halogens is 1. The van der Waals surface area contributed by atoms with Gasteiger partial charge in [-0.3, -0.25) is 9.59 Å². The van der Waals surface area contributed by atoms with E-state index in [4.69, 9.17) is 25.8 Å². The Hall–Kier alpha value is -2.93. The Morgan fingerprint density at radius 3 is 2.57 bits per heavy atom. The van der Waals surface area contributed by atoms with Crippen LogP contribution >= 0.6 is 11.6 Å². The van der Waals surface area contributed by atoms with Crippen LogP contribution in [-0.4, -0.2) is 38.2 Å². The Bertz CT molecular complexity index is 965. The zero-order chi connectivity index (χ0) is 21.1. The van der Waals surface area contributed by atoms with Crippen molar-refractivity contribution >= 4 is 29.1 Å². The van der Waals surface area contributed by atoms with Crippen LogP contribution in [0, 0.1) is 0 Å². The average molecular weight is 431 g/mol. The first-order chi connectivity index (χ1) is 14.5. The molecular weight excluding hydrogens is 408 g/mol. The summed E-state index contributed by atoms with van der Waals surface area (Å²) in [7, 11) is 0. The third-order valence-electron chi connectivity index (χ3n) is 5.09.